The molecule has 0 aliphatic carbocycles. The second-order valence-electron chi connectivity index (χ2n) is 8.65. The number of nitrogen functional groups attached to an aromatic ring is 1. The summed E-state index contributed by atoms with van der Waals surface area (Å²) in [7, 11) is -6.59. The van der Waals surface area contributed by atoms with Gasteiger partial charge in [0.1, 0.15) is 0 Å². The van der Waals surface area contributed by atoms with Crippen molar-refractivity contribution in [1.29, 1.82) is 0 Å². The van der Waals surface area contributed by atoms with Crippen LogP contribution in [0.25, 0.3) is 0 Å². The Morgan fingerprint density at radius 2 is 1.29 bits per heavy atom. The predicted octanol–water partition coefficient (Wildman–Crippen LogP) is 2.87. The SMILES string of the molecule is C[Si]1(C)O[SiH](c2ccc(N)cc2)[Si](C)(C)[Si](C)(C)[Si]1(C)C. The van der Waals surface area contributed by atoms with Gasteiger partial charge < -0.3 is 9.85 Å². The molecule has 1 unspecified atom stereocenters. The molecule has 1 aliphatic heterocycles. The molecule has 1 heterocycles. The lowest BCUT2D eigenvalue weighted by Crippen LogP contribution is -2.90. The number of benzene rings is 1. The fourth-order valence-electron chi connectivity index (χ4n) is 3.63. The van der Waals surface area contributed by atoms with Crippen LogP contribution < -0.4 is 10.9 Å². The second-order valence-corrected chi connectivity index (χ2v) is 57.1. The van der Waals surface area contributed by atoms with Crippen molar-refractivity contribution in [1.82, 2.24) is 0 Å². The van der Waals surface area contributed by atoms with Crippen molar-refractivity contribution in [2.75, 3.05) is 5.73 Å². The highest BCUT2D eigenvalue weighted by Crippen LogP contribution is 2.41. The van der Waals surface area contributed by atoms with Gasteiger partial charge >= 0.3 is 0 Å². The van der Waals surface area contributed by atoms with Gasteiger partial charge in [-0.3, -0.25) is 0 Å². The molecule has 0 saturated carbocycles. The number of rotatable bonds is 1. The van der Waals surface area contributed by atoms with Gasteiger partial charge in [0.15, 0.2) is 16.4 Å². The van der Waals surface area contributed by atoms with Gasteiger partial charge in [0.25, 0.3) is 0 Å². The molecule has 0 spiro atoms. The van der Waals surface area contributed by atoms with Crippen molar-refractivity contribution in [3.8, 4) is 0 Å². The first-order valence-electron chi connectivity index (χ1n) is 7.88. The molecule has 1 atom stereocenters. The first kappa shape index (κ1) is 17.4. The Labute approximate surface area is 135 Å². The van der Waals surface area contributed by atoms with Crippen LogP contribution in [0.4, 0.5) is 5.69 Å². The molecule has 1 fully saturated rings. The molecule has 21 heavy (non-hydrogen) atoms. The molecule has 2 nitrogen and oxygen atoms in total. The van der Waals surface area contributed by atoms with E-state index in [2.05, 4.69) is 76.6 Å². The van der Waals surface area contributed by atoms with Crippen LogP contribution in [-0.2, 0) is 4.12 Å². The van der Waals surface area contributed by atoms with Gasteiger partial charge in [-0.1, -0.05) is 51.4 Å². The molecule has 0 bridgehead atoms. The van der Waals surface area contributed by atoms with Gasteiger partial charge in [0.05, 0.1) is 14.2 Å². The molecule has 1 aliphatic rings. The minimum Gasteiger partial charge on any atom is -0.459 e. The largest absolute Gasteiger partial charge is 0.459 e. The van der Waals surface area contributed by atoms with Gasteiger partial charge in [-0.2, -0.15) is 0 Å². The normalized spacial score (nSPS) is 29.0. The van der Waals surface area contributed by atoms with E-state index in [1.165, 1.54) is 5.19 Å². The van der Waals surface area contributed by atoms with Gasteiger partial charge in [-0.25, -0.2) is 0 Å². The van der Waals surface area contributed by atoms with Crippen LogP contribution >= 0.6 is 0 Å². The van der Waals surface area contributed by atoms with Crippen LogP contribution in [0.15, 0.2) is 24.3 Å². The smallest absolute Gasteiger partial charge is 0.178 e. The van der Waals surface area contributed by atoms with Crippen molar-refractivity contribution in [3.63, 3.8) is 0 Å². The monoisotopic (exact) mass is 369 g/mol. The summed E-state index contributed by atoms with van der Waals surface area (Å²) >= 11 is 0. The maximum absolute atomic E-state index is 7.06. The van der Waals surface area contributed by atoms with E-state index in [4.69, 9.17) is 9.85 Å². The average Bonchev–Trinajstić information content (AvgIpc) is 2.35. The van der Waals surface area contributed by atoms with E-state index in [9.17, 15) is 0 Å². The van der Waals surface area contributed by atoms with Crippen LogP contribution in [-0.4, -0.2) is 37.7 Å². The van der Waals surface area contributed by atoms with Gasteiger partial charge in [-0.15, -0.1) is 0 Å². The summed E-state index contributed by atoms with van der Waals surface area (Å²) in [5.74, 6) is 0. The zero-order chi connectivity index (χ0) is 16.3. The van der Waals surface area contributed by atoms with E-state index in [1.54, 1.807) is 0 Å². The van der Waals surface area contributed by atoms with Crippen LogP contribution in [0.3, 0.4) is 0 Å². The summed E-state index contributed by atoms with van der Waals surface area (Å²) in [6.07, 6.45) is 0. The van der Waals surface area contributed by atoms with Crippen LogP contribution in [0, 0.1) is 0 Å². The molecule has 1 aromatic rings. The molecule has 118 valence electrons. The standard InChI is InChI=1S/C14H31NOSi5/c1-18(2)16-17(14-11-9-13(15)10-12-14)19(3,4)21(7,8)20(18,5)6/h9-12,17H,15H2,1-8H3. The fraction of sp³-hybridized carbons (Fsp3) is 0.571. The number of anilines is 1. The number of hydrogen-bond donors (Lipinski definition) is 1. The third-order valence-corrected chi connectivity index (χ3v) is 93.2. The summed E-state index contributed by atoms with van der Waals surface area (Å²) in [5.41, 5.74) is 6.75. The molecule has 7 heteroatoms. The second kappa shape index (κ2) is 5.03. The molecule has 0 amide bonds. The zero-order valence-corrected chi connectivity index (χ0v) is 20.0. The average molecular weight is 370 g/mol. The molecule has 1 saturated heterocycles. The Morgan fingerprint density at radius 3 is 1.76 bits per heavy atom. The number of hydrogen-bond acceptors (Lipinski definition) is 2. The molecule has 2 N–H and O–H groups in total. The highest BCUT2D eigenvalue weighted by Gasteiger charge is 2.67. The van der Waals surface area contributed by atoms with Crippen molar-refractivity contribution in [2.24, 2.45) is 0 Å². The third-order valence-electron chi connectivity index (χ3n) is 6.99. The lowest BCUT2D eigenvalue weighted by Gasteiger charge is -2.62. The molecule has 0 radical (unpaired) electrons. The van der Waals surface area contributed by atoms with Crippen molar-refractivity contribution >= 4 is 48.6 Å². The molecular formula is C14H31NOSi5. The van der Waals surface area contributed by atoms with E-state index < -0.39 is 37.7 Å². The summed E-state index contributed by atoms with van der Waals surface area (Å²) < 4.78 is 7.06. The third kappa shape index (κ3) is 2.42. The maximum Gasteiger partial charge on any atom is 0.178 e. The highest BCUT2D eigenvalue weighted by molar-refractivity contribution is 7.92. The van der Waals surface area contributed by atoms with Crippen LogP contribution in [0.5, 0.6) is 0 Å². The minimum atomic E-state index is -1.54. The summed E-state index contributed by atoms with van der Waals surface area (Å²) in [6, 6.07) is 8.65. The molecule has 2 rings (SSSR count). The Balaban J connectivity index is 2.56. The van der Waals surface area contributed by atoms with Crippen LogP contribution in [0.2, 0.25) is 52.4 Å². The first-order valence-corrected chi connectivity index (χ1v) is 25.6. The van der Waals surface area contributed by atoms with Crippen molar-refractivity contribution in [2.45, 2.75) is 52.4 Å². The van der Waals surface area contributed by atoms with Crippen LogP contribution in [0.1, 0.15) is 0 Å². The Morgan fingerprint density at radius 1 is 0.810 bits per heavy atom. The van der Waals surface area contributed by atoms with Gasteiger partial charge in [0, 0.05) is 12.8 Å². The fourth-order valence-corrected chi connectivity index (χ4v) is 111. The predicted molar refractivity (Wildman–Crippen MR) is 109 cm³/mol. The van der Waals surface area contributed by atoms with Crippen molar-refractivity contribution in [3.05, 3.63) is 24.3 Å². The first-order chi connectivity index (χ1) is 9.34. The zero-order valence-electron chi connectivity index (χ0n) is 14.9. The van der Waals surface area contributed by atoms with E-state index in [0.29, 0.717) is 0 Å². The number of nitrogens with two attached hydrogens (primary N) is 1. The molecule has 1 aromatic carbocycles. The highest BCUT2D eigenvalue weighted by atomic mass is 30.0. The minimum absolute atomic E-state index is 0.866. The summed E-state index contributed by atoms with van der Waals surface area (Å²) in [5, 5.41) is 1.51. The lowest BCUT2D eigenvalue weighted by molar-refractivity contribution is 0.609. The van der Waals surface area contributed by atoms with Gasteiger partial charge in [-0.05, 0) is 30.4 Å². The van der Waals surface area contributed by atoms with Crippen molar-refractivity contribution < 1.29 is 4.12 Å². The van der Waals surface area contributed by atoms with E-state index in [1.807, 2.05) is 0 Å². The van der Waals surface area contributed by atoms with E-state index in [-0.39, 0.29) is 0 Å². The Bertz CT molecular complexity index is 539. The van der Waals surface area contributed by atoms with Gasteiger partial charge in [0.2, 0.25) is 0 Å². The molecule has 0 aromatic heterocycles. The Hall–Kier alpha value is 0.0644. The lowest BCUT2D eigenvalue weighted by atomic mass is 10.3. The quantitative estimate of drug-likeness (QED) is 0.610. The topological polar surface area (TPSA) is 35.2 Å². The molecular weight excluding hydrogens is 339 g/mol. The maximum atomic E-state index is 7.06. The summed E-state index contributed by atoms with van der Waals surface area (Å²) in [6.45, 7) is 21.0. The van der Waals surface area contributed by atoms with E-state index in [0.717, 1.165) is 5.69 Å². The Kier molecular flexibility index (Phi) is 4.17. The summed E-state index contributed by atoms with van der Waals surface area (Å²) in [4.78, 5) is 0. The van der Waals surface area contributed by atoms with E-state index >= 15 is 0 Å².